The minimum absolute atomic E-state index is 0.291. The maximum absolute atomic E-state index is 12.6. The van der Waals surface area contributed by atoms with E-state index in [1.54, 1.807) is 24.3 Å². The highest BCUT2D eigenvalue weighted by atomic mass is 32.2. The van der Waals surface area contributed by atoms with E-state index in [4.69, 9.17) is 4.18 Å². The number of rotatable bonds is 2. The molecule has 2 aliphatic rings. The van der Waals surface area contributed by atoms with Crippen LogP contribution in [0.5, 0.6) is 5.75 Å². The van der Waals surface area contributed by atoms with Crippen LogP contribution in [0.2, 0.25) is 0 Å². The summed E-state index contributed by atoms with van der Waals surface area (Å²) in [5, 5.41) is 9.19. The molecule has 118 valence electrons. The van der Waals surface area contributed by atoms with Crippen molar-refractivity contribution in [3.05, 3.63) is 65.2 Å². The summed E-state index contributed by atoms with van der Waals surface area (Å²) in [6, 6.07) is 12.8. The third-order valence-electron chi connectivity index (χ3n) is 4.25. The lowest BCUT2D eigenvalue weighted by Gasteiger charge is -2.33. The largest absolute Gasteiger partial charge is 0.481 e. The van der Waals surface area contributed by atoms with Crippen molar-refractivity contribution in [2.75, 3.05) is 0 Å². The summed E-state index contributed by atoms with van der Waals surface area (Å²) in [4.78, 5) is 11.2. The fraction of sp³-hybridized carbons (Fsp3) is 0.188. The topological polar surface area (TPSA) is 83.9 Å². The summed E-state index contributed by atoms with van der Waals surface area (Å²) < 4.78 is 31.6. The standard InChI is InChI=1S/C16H13NO5S/c18-15(19)9-13-10-5-1-2-6-11(10)16-12-7-3-4-8-14(12)22-23(20,21)17(13)16/h1-8,13,16H,9H2,(H,18,19)/t13-,16+/m0/s1. The lowest BCUT2D eigenvalue weighted by molar-refractivity contribution is -0.138. The minimum Gasteiger partial charge on any atom is -0.481 e. The monoisotopic (exact) mass is 331 g/mol. The van der Waals surface area contributed by atoms with E-state index >= 15 is 0 Å². The van der Waals surface area contributed by atoms with E-state index in [2.05, 4.69) is 0 Å². The van der Waals surface area contributed by atoms with Crippen molar-refractivity contribution in [2.45, 2.75) is 18.5 Å². The maximum atomic E-state index is 12.6. The molecule has 2 atom stereocenters. The second-order valence-electron chi connectivity index (χ2n) is 5.55. The van der Waals surface area contributed by atoms with Gasteiger partial charge in [0.2, 0.25) is 0 Å². The third kappa shape index (κ3) is 2.04. The molecule has 2 heterocycles. The predicted molar refractivity (Wildman–Crippen MR) is 81.1 cm³/mol. The molecule has 6 nitrogen and oxygen atoms in total. The molecule has 0 spiro atoms. The average molecular weight is 331 g/mol. The predicted octanol–water partition coefficient (Wildman–Crippen LogP) is 2.24. The summed E-state index contributed by atoms with van der Waals surface area (Å²) >= 11 is 0. The number of benzene rings is 2. The van der Waals surface area contributed by atoms with Crippen LogP contribution in [-0.4, -0.2) is 23.8 Å². The lowest BCUT2D eigenvalue weighted by atomic mass is 9.96. The van der Waals surface area contributed by atoms with Crippen LogP contribution in [0.25, 0.3) is 0 Å². The van der Waals surface area contributed by atoms with E-state index in [1.165, 1.54) is 4.31 Å². The van der Waals surface area contributed by atoms with Crippen LogP contribution in [0, 0.1) is 0 Å². The molecule has 0 bridgehead atoms. The molecule has 0 saturated carbocycles. The number of aliphatic carboxylic acids is 1. The Kier molecular flexibility index (Phi) is 2.97. The normalized spacial score (nSPS) is 24.2. The fourth-order valence-electron chi connectivity index (χ4n) is 3.41. The van der Waals surface area contributed by atoms with Crippen LogP contribution in [0.1, 0.15) is 35.2 Å². The molecule has 2 aliphatic heterocycles. The van der Waals surface area contributed by atoms with Gasteiger partial charge >= 0.3 is 16.3 Å². The van der Waals surface area contributed by atoms with Gasteiger partial charge in [-0.15, -0.1) is 4.31 Å². The van der Waals surface area contributed by atoms with Crippen LogP contribution >= 0.6 is 0 Å². The van der Waals surface area contributed by atoms with Gasteiger partial charge < -0.3 is 9.29 Å². The van der Waals surface area contributed by atoms with Gasteiger partial charge in [-0.3, -0.25) is 4.79 Å². The van der Waals surface area contributed by atoms with Crippen molar-refractivity contribution < 1.29 is 22.5 Å². The molecule has 1 N–H and O–H groups in total. The molecule has 2 aromatic carbocycles. The van der Waals surface area contributed by atoms with Crippen molar-refractivity contribution >= 4 is 16.3 Å². The second kappa shape index (κ2) is 4.81. The number of para-hydroxylation sites is 1. The number of fused-ring (bicyclic) bond motifs is 5. The zero-order valence-corrected chi connectivity index (χ0v) is 12.7. The van der Waals surface area contributed by atoms with Crippen LogP contribution in [0.4, 0.5) is 0 Å². The van der Waals surface area contributed by atoms with Crippen LogP contribution in [0.15, 0.2) is 48.5 Å². The summed E-state index contributed by atoms with van der Waals surface area (Å²) in [6.07, 6.45) is -0.307. The molecule has 0 unspecified atom stereocenters. The molecule has 4 rings (SSSR count). The SMILES string of the molecule is O=C(O)C[C@H]1c2ccccc2[C@@H]2c3ccccc3OS(=O)(=O)N21. The van der Waals surface area contributed by atoms with E-state index < -0.39 is 28.4 Å². The van der Waals surface area contributed by atoms with Gasteiger partial charge in [-0.2, -0.15) is 8.42 Å². The first-order valence-electron chi connectivity index (χ1n) is 7.11. The molecule has 23 heavy (non-hydrogen) atoms. The molecule has 0 fully saturated rings. The smallest absolute Gasteiger partial charge is 0.386 e. The van der Waals surface area contributed by atoms with Gasteiger partial charge in [0.1, 0.15) is 5.75 Å². The Morgan fingerprint density at radius 1 is 1.04 bits per heavy atom. The van der Waals surface area contributed by atoms with Crippen molar-refractivity contribution in [3.63, 3.8) is 0 Å². The van der Waals surface area contributed by atoms with Crippen LogP contribution < -0.4 is 4.18 Å². The van der Waals surface area contributed by atoms with E-state index in [9.17, 15) is 18.3 Å². The Balaban J connectivity index is 1.98. The van der Waals surface area contributed by atoms with Crippen molar-refractivity contribution in [3.8, 4) is 5.75 Å². The number of carboxylic acids is 1. The number of carbonyl (C=O) groups is 1. The quantitative estimate of drug-likeness (QED) is 0.912. The second-order valence-corrected chi connectivity index (χ2v) is 7.00. The molecular formula is C16H13NO5S. The van der Waals surface area contributed by atoms with E-state index in [1.807, 2.05) is 24.3 Å². The first kappa shape index (κ1) is 14.2. The van der Waals surface area contributed by atoms with Gasteiger partial charge in [-0.05, 0) is 17.2 Å². The Labute approximate surface area is 133 Å². The van der Waals surface area contributed by atoms with Crippen molar-refractivity contribution in [2.24, 2.45) is 0 Å². The van der Waals surface area contributed by atoms with Crippen molar-refractivity contribution in [1.29, 1.82) is 0 Å². The number of hydrogen-bond donors (Lipinski definition) is 1. The minimum atomic E-state index is -4.07. The molecule has 0 aromatic heterocycles. The Morgan fingerprint density at radius 3 is 2.35 bits per heavy atom. The third-order valence-corrected chi connectivity index (χ3v) is 5.62. The Hall–Kier alpha value is -2.38. The summed E-state index contributed by atoms with van der Waals surface area (Å²) in [7, 11) is -4.07. The number of hydrogen-bond acceptors (Lipinski definition) is 4. The fourth-order valence-corrected chi connectivity index (χ4v) is 4.86. The number of nitrogens with zero attached hydrogens (tertiary/aromatic N) is 1. The van der Waals surface area contributed by atoms with Gasteiger partial charge in [-0.1, -0.05) is 42.5 Å². The average Bonchev–Trinajstić information content (AvgIpc) is 2.83. The van der Waals surface area contributed by atoms with Gasteiger partial charge in [0.05, 0.1) is 18.5 Å². The summed E-state index contributed by atoms with van der Waals surface area (Å²) in [6.45, 7) is 0. The molecule has 0 aliphatic carbocycles. The van der Waals surface area contributed by atoms with Gasteiger partial charge in [0.15, 0.2) is 0 Å². The Morgan fingerprint density at radius 2 is 1.65 bits per heavy atom. The Bertz CT molecular complexity index is 908. The molecule has 0 saturated heterocycles. The molecule has 0 amide bonds. The summed E-state index contributed by atoms with van der Waals surface area (Å²) in [5.74, 6) is -0.765. The molecular weight excluding hydrogens is 318 g/mol. The number of carboxylic acid groups (broad SMARTS) is 1. The van der Waals surface area contributed by atoms with Crippen LogP contribution in [0.3, 0.4) is 0 Å². The highest BCUT2D eigenvalue weighted by Crippen LogP contribution is 2.53. The maximum Gasteiger partial charge on any atom is 0.386 e. The highest BCUT2D eigenvalue weighted by Gasteiger charge is 2.51. The molecule has 7 heteroatoms. The first-order chi connectivity index (χ1) is 11.0. The van der Waals surface area contributed by atoms with E-state index in [0.29, 0.717) is 11.3 Å². The first-order valence-corrected chi connectivity index (χ1v) is 8.48. The van der Waals surface area contributed by atoms with E-state index in [0.717, 1.165) is 11.1 Å². The van der Waals surface area contributed by atoms with E-state index in [-0.39, 0.29) is 6.42 Å². The zero-order valence-electron chi connectivity index (χ0n) is 11.9. The zero-order chi connectivity index (χ0) is 16.2. The van der Waals surface area contributed by atoms with Gasteiger partial charge in [0, 0.05) is 5.56 Å². The van der Waals surface area contributed by atoms with Crippen LogP contribution in [-0.2, 0) is 15.1 Å². The highest BCUT2D eigenvalue weighted by molar-refractivity contribution is 7.84. The molecule has 0 radical (unpaired) electrons. The van der Waals surface area contributed by atoms with Gasteiger partial charge in [-0.25, -0.2) is 0 Å². The molecule has 2 aromatic rings. The van der Waals surface area contributed by atoms with Gasteiger partial charge in [0.25, 0.3) is 0 Å². The summed E-state index contributed by atoms with van der Waals surface area (Å²) in [5.41, 5.74) is 2.24. The lowest BCUT2D eigenvalue weighted by Crippen LogP contribution is -2.40. The van der Waals surface area contributed by atoms with Crippen molar-refractivity contribution in [1.82, 2.24) is 4.31 Å².